The Labute approximate surface area is 107 Å². The highest BCUT2D eigenvalue weighted by Crippen LogP contribution is 2.31. The second-order valence-electron chi connectivity index (χ2n) is 5.74. The number of nitrogens with one attached hydrogen (secondary N) is 1. The maximum atomic E-state index is 10.0. The van der Waals surface area contributed by atoms with Crippen LogP contribution in [-0.2, 0) is 6.54 Å². The van der Waals surface area contributed by atoms with E-state index in [0.717, 1.165) is 19.5 Å². The van der Waals surface area contributed by atoms with Crippen molar-refractivity contribution < 1.29 is 5.11 Å². The number of aromatic amines is 1. The predicted molar refractivity (Wildman–Crippen MR) is 73.4 cm³/mol. The number of aliphatic hydroxyl groups is 1. The Morgan fingerprint density at radius 3 is 2.89 bits per heavy atom. The molecule has 0 radical (unpaired) electrons. The summed E-state index contributed by atoms with van der Waals surface area (Å²) in [6.45, 7) is 6.11. The van der Waals surface area contributed by atoms with Crippen molar-refractivity contribution in [3.8, 4) is 0 Å². The third-order valence-corrected chi connectivity index (χ3v) is 4.34. The van der Waals surface area contributed by atoms with Crippen LogP contribution in [0.3, 0.4) is 0 Å². The fraction of sp³-hybridized carbons (Fsp3) is 0.467. The first-order chi connectivity index (χ1) is 8.59. The van der Waals surface area contributed by atoms with Crippen molar-refractivity contribution in [1.82, 2.24) is 9.88 Å². The fourth-order valence-electron chi connectivity index (χ4n) is 2.88. The molecule has 3 nitrogen and oxygen atoms in total. The van der Waals surface area contributed by atoms with Crippen LogP contribution in [0, 0.1) is 0 Å². The van der Waals surface area contributed by atoms with Gasteiger partial charge in [0.25, 0.3) is 0 Å². The summed E-state index contributed by atoms with van der Waals surface area (Å²) in [4.78, 5) is 5.68. The number of aromatic nitrogens is 1. The average Bonchev–Trinajstić information content (AvgIpc) is 2.87. The standard InChI is InChI=1S/C15H20N2O/c1-15(2)14(18)7-8-17(15)10-11-9-16-13-6-4-3-5-12(11)13/h3-6,9,14,16,18H,7-8,10H2,1-2H3. The van der Waals surface area contributed by atoms with Crippen molar-refractivity contribution >= 4 is 10.9 Å². The first-order valence-corrected chi connectivity index (χ1v) is 6.57. The number of rotatable bonds is 2. The van der Waals surface area contributed by atoms with E-state index in [4.69, 9.17) is 0 Å². The van der Waals surface area contributed by atoms with E-state index < -0.39 is 0 Å². The molecular weight excluding hydrogens is 224 g/mol. The highest BCUT2D eigenvalue weighted by molar-refractivity contribution is 5.82. The summed E-state index contributed by atoms with van der Waals surface area (Å²) in [6, 6.07) is 8.37. The topological polar surface area (TPSA) is 39.3 Å². The molecule has 0 saturated carbocycles. The first kappa shape index (κ1) is 11.8. The van der Waals surface area contributed by atoms with Crippen molar-refractivity contribution in [2.75, 3.05) is 6.54 Å². The molecule has 96 valence electrons. The predicted octanol–water partition coefficient (Wildman–Crippen LogP) is 2.51. The molecule has 18 heavy (non-hydrogen) atoms. The van der Waals surface area contributed by atoms with Gasteiger partial charge in [0.1, 0.15) is 0 Å². The summed E-state index contributed by atoms with van der Waals surface area (Å²) < 4.78 is 0. The number of para-hydroxylation sites is 1. The normalized spacial score (nSPS) is 23.8. The number of hydrogen-bond acceptors (Lipinski definition) is 2. The zero-order chi connectivity index (χ0) is 12.8. The van der Waals surface area contributed by atoms with E-state index in [2.05, 4.69) is 48.1 Å². The summed E-state index contributed by atoms with van der Waals surface area (Å²) in [5.41, 5.74) is 2.37. The first-order valence-electron chi connectivity index (χ1n) is 6.57. The fourth-order valence-corrected chi connectivity index (χ4v) is 2.88. The van der Waals surface area contributed by atoms with E-state index >= 15 is 0 Å². The van der Waals surface area contributed by atoms with Crippen LogP contribution in [-0.4, -0.2) is 33.2 Å². The molecule has 0 bridgehead atoms. The van der Waals surface area contributed by atoms with Crippen LogP contribution in [0.15, 0.2) is 30.5 Å². The lowest BCUT2D eigenvalue weighted by Gasteiger charge is -2.33. The molecule has 2 heterocycles. The van der Waals surface area contributed by atoms with Crippen molar-refractivity contribution in [3.63, 3.8) is 0 Å². The largest absolute Gasteiger partial charge is 0.391 e. The number of H-pyrrole nitrogens is 1. The molecular formula is C15H20N2O. The summed E-state index contributed by atoms with van der Waals surface area (Å²) in [5.74, 6) is 0. The SMILES string of the molecule is CC1(C)C(O)CCN1Cc1c[nH]c2ccccc12. The smallest absolute Gasteiger partial charge is 0.0730 e. The minimum atomic E-state index is -0.220. The molecule has 1 aliphatic rings. The van der Waals surface area contributed by atoms with Gasteiger partial charge in [-0.05, 0) is 31.9 Å². The molecule has 3 heteroatoms. The van der Waals surface area contributed by atoms with Gasteiger partial charge in [-0.25, -0.2) is 0 Å². The monoisotopic (exact) mass is 244 g/mol. The van der Waals surface area contributed by atoms with E-state index in [1.54, 1.807) is 0 Å². The lowest BCUT2D eigenvalue weighted by Crippen LogP contribution is -2.44. The Morgan fingerprint density at radius 1 is 1.39 bits per heavy atom. The van der Waals surface area contributed by atoms with Crippen LogP contribution in [0.4, 0.5) is 0 Å². The molecule has 1 atom stereocenters. The summed E-state index contributed by atoms with van der Waals surface area (Å²) >= 11 is 0. The summed E-state index contributed by atoms with van der Waals surface area (Å²) in [7, 11) is 0. The Bertz CT molecular complexity index is 558. The molecule has 2 N–H and O–H groups in total. The van der Waals surface area contributed by atoms with Crippen LogP contribution in [0.2, 0.25) is 0 Å². The maximum absolute atomic E-state index is 10.0. The molecule has 0 aliphatic carbocycles. The number of likely N-dealkylation sites (tertiary alicyclic amines) is 1. The number of hydrogen-bond donors (Lipinski definition) is 2. The summed E-state index contributed by atoms with van der Waals surface area (Å²) in [5, 5.41) is 11.3. The van der Waals surface area contributed by atoms with Gasteiger partial charge in [0.05, 0.1) is 6.10 Å². The Hall–Kier alpha value is -1.32. The lowest BCUT2D eigenvalue weighted by atomic mass is 9.98. The van der Waals surface area contributed by atoms with Crippen LogP contribution in [0.25, 0.3) is 10.9 Å². The molecule has 3 rings (SSSR count). The third kappa shape index (κ3) is 1.74. The minimum Gasteiger partial charge on any atom is -0.391 e. The van der Waals surface area contributed by atoms with Gasteiger partial charge in [0.15, 0.2) is 0 Å². The Balaban J connectivity index is 1.89. The number of fused-ring (bicyclic) bond motifs is 1. The van der Waals surface area contributed by atoms with Crippen molar-refractivity contribution in [1.29, 1.82) is 0 Å². The van der Waals surface area contributed by atoms with Crippen molar-refractivity contribution in [3.05, 3.63) is 36.0 Å². The maximum Gasteiger partial charge on any atom is 0.0730 e. The molecule has 1 aliphatic heterocycles. The molecule has 0 amide bonds. The molecule has 1 aromatic heterocycles. The highest BCUT2D eigenvalue weighted by atomic mass is 16.3. The van der Waals surface area contributed by atoms with E-state index in [-0.39, 0.29) is 11.6 Å². The van der Waals surface area contributed by atoms with Gasteiger partial charge in [0.2, 0.25) is 0 Å². The minimum absolute atomic E-state index is 0.127. The van der Waals surface area contributed by atoms with Crippen molar-refractivity contribution in [2.24, 2.45) is 0 Å². The molecule has 1 fully saturated rings. The quantitative estimate of drug-likeness (QED) is 0.852. The van der Waals surface area contributed by atoms with Crippen LogP contribution in [0.5, 0.6) is 0 Å². The van der Waals surface area contributed by atoms with E-state index in [1.165, 1.54) is 16.5 Å². The Morgan fingerprint density at radius 2 is 2.17 bits per heavy atom. The second-order valence-corrected chi connectivity index (χ2v) is 5.74. The van der Waals surface area contributed by atoms with Crippen LogP contribution < -0.4 is 0 Å². The molecule has 1 unspecified atom stereocenters. The van der Waals surface area contributed by atoms with Gasteiger partial charge >= 0.3 is 0 Å². The van der Waals surface area contributed by atoms with Gasteiger partial charge in [-0.3, -0.25) is 4.90 Å². The van der Waals surface area contributed by atoms with Gasteiger partial charge in [0, 0.05) is 35.7 Å². The number of aliphatic hydroxyl groups excluding tert-OH is 1. The van der Waals surface area contributed by atoms with E-state index in [1.807, 2.05) is 6.07 Å². The third-order valence-electron chi connectivity index (χ3n) is 4.34. The van der Waals surface area contributed by atoms with Gasteiger partial charge < -0.3 is 10.1 Å². The van der Waals surface area contributed by atoms with E-state index in [0.29, 0.717) is 0 Å². The average molecular weight is 244 g/mol. The molecule has 1 saturated heterocycles. The number of nitrogens with zero attached hydrogens (tertiary/aromatic N) is 1. The molecule has 0 spiro atoms. The van der Waals surface area contributed by atoms with Crippen molar-refractivity contribution in [2.45, 2.75) is 38.5 Å². The highest BCUT2D eigenvalue weighted by Gasteiger charge is 2.40. The van der Waals surface area contributed by atoms with Crippen LogP contribution in [0.1, 0.15) is 25.8 Å². The zero-order valence-electron chi connectivity index (χ0n) is 11.0. The van der Waals surface area contributed by atoms with E-state index in [9.17, 15) is 5.11 Å². The second kappa shape index (κ2) is 4.11. The zero-order valence-corrected chi connectivity index (χ0v) is 11.0. The summed E-state index contributed by atoms with van der Waals surface area (Å²) in [6.07, 6.45) is 2.74. The Kier molecular flexibility index (Phi) is 2.68. The van der Waals surface area contributed by atoms with Gasteiger partial charge in [-0.2, -0.15) is 0 Å². The number of benzene rings is 1. The van der Waals surface area contributed by atoms with Gasteiger partial charge in [-0.15, -0.1) is 0 Å². The lowest BCUT2D eigenvalue weighted by molar-refractivity contribution is 0.0508. The van der Waals surface area contributed by atoms with Crippen LogP contribution >= 0.6 is 0 Å². The molecule has 2 aromatic rings. The van der Waals surface area contributed by atoms with Gasteiger partial charge in [-0.1, -0.05) is 18.2 Å². The molecule has 1 aromatic carbocycles.